The Labute approximate surface area is 200 Å². The van der Waals surface area contributed by atoms with Crippen LogP contribution in [0.3, 0.4) is 0 Å². The largest absolute Gasteiger partial charge is 0.252 e. The summed E-state index contributed by atoms with van der Waals surface area (Å²) in [5, 5.41) is 0. The Morgan fingerprint density at radius 2 is 1.06 bits per heavy atom. The van der Waals surface area contributed by atoms with E-state index in [1.807, 2.05) is 0 Å². The monoisotopic (exact) mass is 462 g/mol. The van der Waals surface area contributed by atoms with Crippen molar-refractivity contribution in [3.63, 3.8) is 0 Å². The number of benzene rings is 2. The number of aliphatic imine (C=N–C) groups is 2. The summed E-state index contributed by atoms with van der Waals surface area (Å²) in [6, 6.07) is 13.3. The second-order valence-corrected chi connectivity index (χ2v) is 7.89. The molecule has 0 aliphatic carbocycles. The maximum atomic E-state index is 5.11. The first-order chi connectivity index (χ1) is 14.6. The van der Waals surface area contributed by atoms with Crippen molar-refractivity contribution in [1.29, 1.82) is 0 Å². The van der Waals surface area contributed by atoms with Gasteiger partial charge in [0.2, 0.25) is 0 Å². The fourth-order valence-corrected chi connectivity index (χ4v) is 3.98. The predicted octanol–water partition coefficient (Wildman–Crippen LogP) is 8.38. The Balaban J connectivity index is 0.00000480. The third kappa shape index (κ3) is 7.72. The smallest absolute Gasteiger partial charge is 0.0636 e. The van der Waals surface area contributed by atoms with Gasteiger partial charge in [0, 0.05) is 16.5 Å². The van der Waals surface area contributed by atoms with Crippen molar-refractivity contribution < 1.29 is 16.5 Å². The molecule has 0 fully saturated rings. The molecule has 0 spiro atoms. The zero-order valence-corrected chi connectivity index (χ0v) is 21.3. The van der Waals surface area contributed by atoms with E-state index < -0.39 is 0 Å². The van der Waals surface area contributed by atoms with E-state index in [0.29, 0.717) is 0 Å². The number of unbranched alkanes of at least 4 members (excludes halogenated alkanes) is 1. The van der Waals surface area contributed by atoms with Gasteiger partial charge in [-0.3, -0.25) is 9.98 Å². The molecular formula is C28H40N2Ni. The summed E-state index contributed by atoms with van der Waals surface area (Å²) in [7, 11) is 0. The van der Waals surface area contributed by atoms with Crippen molar-refractivity contribution in [2.24, 2.45) is 9.98 Å². The molecule has 0 radical (unpaired) electrons. The van der Waals surface area contributed by atoms with E-state index in [-0.39, 0.29) is 16.5 Å². The normalized spacial score (nSPS) is 12.1. The molecule has 0 aromatic heterocycles. The minimum Gasteiger partial charge on any atom is -0.252 e. The molecule has 0 saturated heterocycles. The zero-order valence-electron chi connectivity index (χ0n) is 20.3. The van der Waals surface area contributed by atoms with E-state index in [2.05, 4.69) is 77.9 Å². The Hall–Kier alpha value is -1.73. The first-order valence-corrected chi connectivity index (χ1v) is 12.0. The van der Waals surface area contributed by atoms with Crippen LogP contribution in [-0.4, -0.2) is 11.4 Å². The summed E-state index contributed by atoms with van der Waals surface area (Å²) in [5.41, 5.74) is 10.1. The summed E-state index contributed by atoms with van der Waals surface area (Å²) in [4.78, 5) is 10.2. The molecule has 0 heterocycles. The molecule has 2 rings (SSSR count). The second kappa shape index (κ2) is 14.4. The molecule has 0 amide bonds. The van der Waals surface area contributed by atoms with Crippen molar-refractivity contribution in [3.8, 4) is 0 Å². The van der Waals surface area contributed by atoms with Crippen LogP contribution in [0.5, 0.6) is 0 Å². The summed E-state index contributed by atoms with van der Waals surface area (Å²) in [6.45, 7) is 13.3. The molecule has 172 valence electrons. The van der Waals surface area contributed by atoms with Crippen LogP contribution in [0.15, 0.2) is 46.4 Å². The van der Waals surface area contributed by atoms with Gasteiger partial charge in [-0.2, -0.15) is 0 Å². The summed E-state index contributed by atoms with van der Waals surface area (Å²) in [6.07, 6.45) is 8.43. The minimum atomic E-state index is 0. The van der Waals surface area contributed by atoms with Gasteiger partial charge >= 0.3 is 0 Å². The van der Waals surface area contributed by atoms with Crippen LogP contribution in [0.1, 0.15) is 89.5 Å². The molecule has 0 N–H and O–H groups in total. The third-order valence-electron chi connectivity index (χ3n) is 5.87. The molecular weight excluding hydrogens is 423 g/mol. The molecule has 3 heteroatoms. The SMILES string of the molecule is CCCCC(=N\c1ccc(CC)c(CC)c1)/C(CC)=N/c1ccc(CC)c(CC)c1.[Ni]. The van der Waals surface area contributed by atoms with Gasteiger partial charge in [-0.15, -0.1) is 0 Å². The molecule has 0 aliphatic rings. The van der Waals surface area contributed by atoms with Crippen LogP contribution in [0.25, 0.3) is 0 Å². The van der Waals surface area contributed by atoms with Crippen LogP contribution in [0.2, 0.25) is 0 Å². The van der Waals surface area contributed by atoms with Gasteiger partial charge in [-0.25, -0.2) is 0 Å². The van der Waals surface area contributed by atoms with E-state index >= 15 is 0 Å². The minimum absolute atomic E-state index is 0. The molecule has 0 unspecified atom stereocenters. The Bertz CT molecular complexity index is 881. The fraction of sp³-hybridized carbons (Fsp3) is 0.500. The van der Waals surface area contributed by atoms with Gasteiger partial charge in [0.1, 0.15) is 0 Å². The number of aryl methyl sites for hydroxylation is 4. The molecule has 31 heavy (non-hydrogen) atoms. The van der Waals surface area contributed by atoms with Crippen molar-refractivity contribution >= 4 is 22.8 Å². The average Bonchev–Trinajstić information content (AvgIpc) is 2.79. The quantitative estimate of drug-likeness (QED) is 0.236. The number of rotatable bonds is 11. The van der Waals surface area contributed by atoms with E-state index in [1.165, 1.54) is 22.3 Å². The van der Waals surface area contributed by atoms with Crippen LogP contribution < -0.4 is 0 Å². The molecule has 0 bridgehead atoms. The van der Waals surface area contributed by atoms with Gasteiger partial charge in [-0.1, -0.05) is 60.1 Å². The van der Waals surface area contributed by atoms with Gasteiger partial charge in [-0.05, 0) is 91.5 Å². The Kier molecular flexibility index (Phi) is 12.6. The topological polar surface area (TPSA) is 24.7 Å². The van der Waals surface area contributed by atoms with E-state index in [0.717, 1.165) is 74.2 Å². The molecule has 2 aromatic carbocycles. The van der Waals surface area contributed by atoms with Crippen molar-refractivity contribution in [2.75, 3.05) is 0 Å². The standard InChI is InChI=1S/C28H40N2.Ni/c1-7-13-14-28(30-26-18-16-22(9-3)24(11-5)20-26)27(12-6)29-25-17-15-21(8-2)23(10-4)19-25;/h15-20H,7-14H2,1-6H3;/b29-27+,30-28+;. The first-order valence-electron chi connectivity index (χ1n) is 12.0. The van der Waals surface area contributed by atoms with Gasteiger partial charge in [0.25, 0.3) is 0 Å². The van der Waals surface area contributed by atoms with Gasteiger partial charge < -0.3 is 0 Å². The summed E-state index contributed by atoms with van der Waals surface area (Å²) >= 11 is 0. The van der Waals surface area contributed by atoms with Crippen molar-refractivity contribution in [3.05, 3.63) is 58.7 Å². The summed E-state index contributed by atoms with van der Waals surface area (Å²) < 4.78 is 0. The molecule has 0 aliphatic heterocycles. The molecule has 0 saturated carbocycles. The van der Waals surface area contributed by atoms with Crippen LogP contribution in [-0.2, 0) is 42.2 Å². The van der Waals surface area contributed by atoms with Crippen LogP contribution >= 0.6 is 0 Å². The summed E-state index contributed by atoms with van der Waals surface area (Å²) in [5.74, 6) is 0. The molecule has 2 nitrogen and oxygen atoms in total. The predicted molar refractivity (Wildman–Crippen MR) is 134 cm³/mol. The van der Waals surface area contributed by atoms with Gasteiger partial charge in [0.05, 0.1) is 22.8 Å². The fourth-order valence-electron chi connectivity index (χ4n) is 3.98. The Morgan fingerprint density at radius 3 is 1.45 bits per heavy atom. The zero-order chi connectivity index (χ0) is 21.9. The molecule has 2 aromatic rings. The van der Waals surface area contributed by atoms with E-state index in [9.17, 15) is 0 Å². The third-order valence-corrected chi connectivity index (χ3v) is 5.87. The number of nitrogens with zero attached hydrogens (tertiary/aromatic N) is 2. The van der Waals surface area contributed by atoms with Crippen LogP contribution in [0, 0.1) is 0 Å². The van der Waals surface area contributed by atoms with E-state index in [4.69, 9.17) is 9.98 Å². The van der Waals surface area contributed by atoms with Gasteiger partial charge in [0.15, 0.2) is 0 Å². The van der Waals surface area contributed by atoms with Crippen LogP contribution in [0.4, 0.5) is 11.4 Å². The first kappa shape index (κ1) is 27.3. The number of hydrogen-bond donors (Lipinski definition) is 0. The average molecular weight is 463 g/mol. The maximum Gasteiger partial charge on any atom is 0.0636 e. The Morgan fingerprint density at radius 1 is 0.613 bits per heavy atom. The van der Waals surface area contributed by atoms with Crippen molar-refractivity contribution in [2.45, 2.75) is 92.9 Å². The van der Waals surface area contributed by atoms with Crippen molar-refractivity contribution in [1.82, 2.24) is 0 Å². The second-order valence-electron chi connectivity index (χ2n) is 7.89. The van der Waals surface area contributed by atoms with E-state index in [1.54, 1.807) is 0 Å². The number of hydrogen-bond acceptors (Lipinski definition) is 2. The maximum absolute atomic E-state index is 5.11. The molecule has 0 atom stereocenters.